The highest BCUT2D eigenvalue weighted by Gasteiger charge is 2.75. The lowest BCUT2D eigenvalue weighted by molar-refractivity contribution is -0.138. The van der Waals surface area contributed by atoms with Crippen molar-refractivity contribution in [3.05, 3.63) is 95.6 Å². The van der Waals surface area contributed by atoms with Crippen LogP contribution in [0.1, 0.15) is 29.9 Å². The molecule has 2 aliphatic heterocycles. The molecule has 7 rings (SSSR count). The Hall–Kier alpha value is -4.14. The summed E-state index contributed by atoms with van der Waals surface area (Å²) in [5.74, 6) is -4.75. The van der Waals surface area contributed by atoms with Gasteiger partial charge in [-0.05, 0) is 79.3 Å². The zero-order chi connectivity index (χ0) is 31.1. The van der Waals surface area contributed by atoms with Crippen molar-refractivity contribution >= 4 is 63.9 Å². The van der Waals surface area contributed by atoms with Crippen LogP contribution in [0.3, 0.4) is 0 Å². The third-order valence-corrected chi connectivity index (χ3v) is 11.2. The SMILES string of the molecule is Cc1cc([C@H]2C3=CC[C@@H]4C(=O)N(c5ccc(Nc6ccccc6)cc5)C(=O)[C@@H]4[C@@H]3C[C@@]3(Cl)C(=O)N(C)C(=O)[C@@]23Cl)ccc1O. The van der Waals surface area contributed by atoms with Gasteiger partial charge in [0.1, 0.15) is 5.75 Å². The summed E-state index contributed by atoms with van der Waals surface area (Å²) in [7, 11) is 1.36. The van der Waals surface area contributed by atoms with E-state index in [9.17, 15) is 24.3 Å². The minimum atomic E-state index is -1.86. The predicted molar refractivity (Wildman–Crippen MR) is 167 cm³/mol. The number of alkyl halides is 2. The Balaban J connectivity index is 1.27. The minimum Gasteiger partial charge on any atom is -0.508 e. The van der Waals surface area contributed by atoms with Gasteiger partial charge in [-0.3, -0.25) is 29.0 Å². The summed E-state index contributed by atoms with van der Waals surface area (Å²) in [6.45, 7) is 1.73. The molecule has 0 aromatic heterocycles. The maximum absolute atomic E-state index is 14.2. The molecule has 6 atom stereocenters. The quantitative estimate of drug-likeness (QED) is 0.220. The van der Waals surface area contributed by atoms with Crippen molar-refractivity contribution in [2.75, 3.05) is 17.3 Å². The Morgan fingerprint density at radius 3 is 2.23 bits per heavy atom. The lowest BCUT2D eigenvalue weighted by atomic mass is 9.56. The summed E-state index contributed by atoms with van der Waals surface area (Å²) in [6.07, 6.45) is 2.11. The topological polar surface area (TPSA) is 107 Å². The molecule has 224 valence electrons. The van der Waals surface area contributed by atoms with E-state index in [0.29, 0.717) is 22.4 Å². The van der Waals surface area contributed by atoms with Crippen LogP contribution < -0.4 is 10.2 Å². The lowest BCUT2D eigenvalue weighted by Crippen LogP contribution is -2.60. The van der Waals surface area contributed by atoms with E-state index < -0.39 is 45.2 Å². The van der Waals surface area contributed by atoms with Gasteiger partial charge in [-0.25, -0.2) is 0 Å². The van der Waals surface area contributed by atoms with Gasteiger partial charge in [-0.1, -0.05) is 42.0 Å². The third kappa shape index (κ3) is 3.83. The van der Waals surface area contributed by atoms with E-state index in [1.165, 1.54) is 18.0 Å². The number of aryl methyl sites for hydroxylation is 1. The summed E-state index contributed by atoms with van der Waals surface area (Å²) in [6, 6.07) is 21.7. The molecule has 0 unspecified atom stereocenters. The average molecular weight is 631 g/mol. The second-order valence-corrected chi connectivity index (χ2v) is 13.3. The van der Waals surface area contributed by atoms with Gasteiger partial charge in [-0.2, -0.15) is 0 Å². The Kier molecular flexibility index (Phi) is 6.47. The Bertz CT molecular complexity index is 1780. The number of fused-ring (bicyclic) bond motifs is 4. The van der Waals surface area contributed by atoms with Crippen LogP contribution in [0.25, 0.3) is 0 Å². The summed E-state index contributed by atoms with van der Waals surface area (Å²) >= 11 is 14.4. The maximum Gasteiger partial charge on any atom is 0.253 e. The molecule has 10 heteroatoms. The van der Waals surface area contributed by atoms with Gasteiger partial charge in [0.2, 0.25) is 11.8 Å². The zero-order valence-corrected chi connectivity index (χ0v) is 25.5. The molecule has 3 aromatic carbocycles. The number of likely N-dealkylation sites (tertiary alicyclic amines) is 1. The number of benzene rings is 3. The molecule has 3 fully saturated rings. The number of carbonyl (C=O) groups is 4. The number of nitrogens with zero attached hydrogens (tertiary/aromatic N) is 2. The first-order valence-corrected chi connectivity index (χ1v) is 15.2. The molecule has 0 radical (unpaired) electrons. The fourth-order valence-corrected chi connectivity index (χ4v) is 8.63. The molecule has 2 heterocycles. The number of halogens is 2. The van der Waals surface area contributed by atoms with Crippen LogP contribution in [0.4, 0.5) is 17.1 Å². The Morgan fingerprint density at radius 1 is 0.864 bits per heavy atom. The molecule has 2 N–H and O–H groups in total. The highest BCUT2D eigenvalue weighted by atomic mass is 35.5. The number of hydrogen-bond donors (Lipinski definition) is 2. The first kappa shape index (κ1) is 28.6. The fraction of sp³-hybridized carbons (Fsp3) is 0.294. The number of hydrogen-bond acceptors (Lipinski definition) is 6. The summed E-state index contributed by atoms with van der Waals surface area (Å²) in [5, 5.41) is 13.5. The van der Waals surface area contributed by atoms with E-state index in [1.807, 2.05) is 48.5 Å². The number of nitrogens with one attached hydrogen (secondary N) is 1. The van der Waals surface area contributed by atoms with Gasteiger partial charge in [0.15, 0.2) is 9.75 Å². The van der Waals surface area contributed by atoms with Crippen molar-refractivity contribution in [1.29, 1.82) is 0 Å². The summed E-state index contributed by atoms with van der Waals surface area (Å²) in [5.41, 5.74) is 4.04. The third-order valence-electron chi connectivity index (χ3n) is 9.76. The van der Waals surface area contributed by atoms with Crippen LogP contribution in [-0.2, 0) is 19.2 Å². The first-order chi connectivity index (χ1) is 21.0. The number of anilines is 3. The Morgan fingerprint density at radius 2 is 1.55 bits per heavy atom. The van der Waals surface area contributed by atoms with Crippen molar-refractivity contribution in [2.24, 2.45) is 17.8 Å². The minimum absolute atomic E-state index is 0.0691. The molecular weight excluding hydrogens is 601 g/mol. The first-order valence-electron chi connectivity index (χ1n) is 14.5. The molecule has 0 spiro atoms. The van der Waals surface area contributed by atoms with Crippen molar-refractivity contribution in [1.82, 2.24) is 4.90 Å². The Labute approximate surface area is 264 Å². The van der Waals surface area contributed by atoms with Gasteiger partial charge in [0.25, 0.3) is 11.8 Å². The van der Waals surface area contributed by atoms with Gasteiger partial charge in [0, 0.05) is 24.3 Å². The molecule has 4 aliphatic rings. The number of imide groups is 2. The van der Waals surface area contributed by atoms with Crippen LogP contribution >= 0.6 is 23.2 Å². The molecule has 4 amide bonds. The molecule has 44 heavy (non-hydrogen) atoms. The maximum atomic E-state index is 14.2. The molecule has 2 aliphatic carbocycles. The van der Waals surface area contributed by atoms with Gasteiger partial charge in [0.05, 0.1) is 17.5 Å². The number of rotatable bonds is 4. The second kappa shape index (κ2) is 9.94. The van der Waals surface area contributed by atoms with E-state index in [0.717, 1.165) is 16.3 Å². The number of phenolic OH excluding ortho intramolecular Hbond substituents is 1. The molecule has 3 aromatic rings. The van der Waals surface area contributed by atoms with Gasteiger partial charge in [-0.15, -0.1) is 23.2 Å². The lowest BCUT2D eigenvalue weighted by Gasteiger charge is -2.50. The largest absolute Gasteiger partial charge is 0.508 e. The smallest absolute Gasteiger partial charge is 0.253 e. The van der Waals surface area contributed by atoms with Crippen molar-refractivity contribution < 1.29 is 24.3 Å². The average Bonchev–Trinajstić information content (AvgIpc) is 3.34. The van der Waals surface area contributed by atoms with Gasteiger partial charge >= 0.3 is 0 Å². The molecular formula is C34H29Cl2N3O5. The van der Waals surface area contributed by atoms with E-state index in [4.69, 9.17) is 23.2 Å². The number of para-hydroxylation sites is 1. The van der Waals surface area contributed by atoms with E-state index in [2.05, 4.69) is 5.32 Å². The number of aromatic hydroxyl groups is 1. The van der Waals surface area contributed by atoms with Crippen molar-refractivity contribution in [2.45, 2.75) is 35.4 Å². The number of carbonyl (C=O) groups excluding carboxylic acids is 4. The molecule has 2 saturated heterocycles. The highest BCUT2D eigenvalue weighted by Crippen LogP contribution is 2.65. The monoisotopic (exact) mass is 629 g/mol. The van der Waals surface area contributed by atoms with Crippen LogP contribution in [0.5, 0.6) is 5.75 Å². The van der Waals surface area contributed by atoms with Crippen LogP contribution in [0.15, 0.2) is 84.4 Å². The zero-order valence-electron chi connectivity index (χ0n) is 24.0. The normalized spacial score (nSPS) is 31.0. The van der Waals surface area contributed by atoms with E-state index in [-0.39, 0.29) is 30.4 Å². The number of phenols is 1. The molecule has 8 nitrogen and oxygen atoms in total. The standard InChI is InChI=1S/C34H29Cl2N3O5/c1-18-16-19(8-15-26(18)40)28-23-13-14-24-27(25(23)17-33(35)31(43)38(2)32(44)34(28,33)36)30(42)39(29(24)41)22-11-9-21(10-12-22)37-20-6-4-3-5-7-20/h3-13,15-16,24-25,27-28,37,40H,14,17H2,1-2H3/t24-,25+,27-,28-,33+,34-/m0/s1. The molecule has 1 saturated carbocycles. The highest BCUT2D eigenvalue weighted by molar-refractivity contribution is 6.53. The van der Waals surface area contributed by atoms with E-state index in [1.54, 1.807) is 31.2 Å². The fourth-order valence-electron chi connectivity index (χ4n) is 7.61. The van der Waals surface area contributed by atoms with Crippen molar-refractivity contribution in [3.63, 3.8) is 0 Å². The summed E-state index contributed by atoms with van der Waals surface area (Å²) < 4.78 is 0. The van der Waals surface area contributed by atoms with Crippen LogP contribution in [0.2, 0.25) is 0 Å². The number of allylic oxidation sites excluding steroid dienone is 2. The summed E-state index contributed by atoms with van der Waals surface area (Å²) in [4.78, 5) is 53.8. The molecule has 0 bridgehead atoms. The predicted octanol–water partition coefficient (Wildman–Crippen LogP) is 5.64. The van der Waals surface area contributed by atoms with Gasteiger partial charge < -0.3 is 10.4 Å². The van der Waals surface area contributed by atoms with Crippen LogP contribution in [0, 0.1) is 24.7 Å². The van der Waals surface area contributed by atoms with Crippen LogP contribution in [-0.4, -0.2) is 50.4 Å². The van der Waals surface area contributed by atoms with Crippen molar-refractivity contribution in [3.8, 4) is 5.75 Å². The van der Waals surface area contributed by atoms with E-state index >= 15 is 0 Å². The second-order valence-electron chi connectivity index (χ2n) is 12.1. The number of amides is 4.